The minimum Gasteiger partial charge on any atom is -0.420 e. The third-order valence-corrected chi connectivity index (χ3v) is 7.31. The number of nitrogens with zero attached hydrogens (tertiary/aromatic N) is 4. The van der Waals surface area contributed by atoms with E-state index in [9.17, 15) is 4.79 Å². The van der Waals surface area contributed by atoms with Crippen LogP contribution in [0.4, 0.5) is 0 Å². The molecule has 6 heteroatoms. The molecule has 0 atom stereocenters. The molecule has 0 bridgehead atoms. The summed E-state index contributed by atoms with van der Waals surface area (Å²) < 4.78 is 8.05. The van der Waals surface area contributed by atoms with E-state index in [4.69, 9.17) is 19.4 Å². The number of para-hydroxylation sites is 1. The average molecular weight is 517 g/mol. The van der Waals surface area contributed by atoms with Crippen molar-refractivity contribution in [3.05, 3.63) is 132 Å². The minimum atomic E-state index is -0.377. The molecule has 0 aliphatic rings. The highest BCUT2D eigenvalue weighted by Crippen LogP contribution is 2.37. The van der Waals surface area contributed by atoms with Crippen molar-refractivity contribution in [3.8, 4) is 28.7 Å². The zero-order valence-corrected chi connectivity index (χ0v) is 21.2. The first-order chi connectivity index (χ1) is 19.8. The molecule has 5 aromatic carbocycles. The van der Waals surface area contributed by atoms with Gasteiger partial charge < -0.3 is 4.42 Å². The SMILES string of the molecule is O=c1oc2c(ccc3c4ccccc4n(-c4nc(-c5ccccc5)nc(-c5ccccc5)n4)c32)c2ccccc12. The fourth-order valence-electron chi connectivity index (χ4n) is 5.49. The van der Waals surface area contributed by atoms with Crippen LogP contribution in [0.1, 0.15) is 0 Å². The van der Waals surface area contributed by atoms with E-state index in [0.29, 0.717) is 28.6 Å². The van der Waals surface area contributed by atoms with Crippen molar-refractivity contribution in [2.75, 3.05) is 0 Å². The fraction of sp³-hybridized carbons (Fsp3) is 0. The lowest BCUT2D eigenvalue weighted by Gasteiger charge is -2.11. The van der Waals surface area contributed by atoms with Gasteiger partial charge in [0.05, 0.1) is 10.9 Å². The van der Waals surface area contributed by atoms with Gasteiger partial charge in [0.2, 0.25) is 5.95 Å². The third kappa shape index (κ3) is 3.36. The second-order valence-corrected chi connectivity index (χ2v) is 9.64. The monoisotopic (exact) mass is 516 g/mol. The molecule has 188 valence electrons. The molecule has 0 N–H and O–H groups in total. The highest BCUT2D eigenvalue weighted by atomic mass is 16.4. The van der Waals surface area contributed by atoms with Crippen LogP contribution in [0.15, 0.2) is 131 Å². The van der Waals surface area contributed by atoms with Gasteiger partial charge in [0.25, 0.3) is 0 Å². The summed E-state index contributed by atoms with van der Waals surface area (Å²) in [5.41, 5.74) is 3.53. The topological polar surface area (TPSA) is 73.8 Å². The molecule has 3 heterocycles. The van der Waals surface area contributed by atoms with Crippen molar-refractivity contribution in [1.82, 2.24) is 19.5 Å². The summed E-state index contributed by atoms with van der Waals surface area (Å²) in [5, 5.41) is 4.21. The Hall–Kier alpha value is -5.62. The molecule has 0 saturated carbocycles. The summed E-state index contributed by atoms with van der Waals surface area (Å²) in [7, 11) is 0. The summed E-state index contributed by atoms with van der Waals surface area (Å²) in [6, 6.07) is 39.5. The number of hydrogen-bond acceptors (Lipinski definition) is 5. The molecule has 0 aliphatic carbocycles. The molecule has 0 saturated heterocycles. The maximum Gasteiger partial charge on any atom is 0.344 e. The standard InChI is InChI=1S/C34H20N4O2/c39-33-27-17-8-7-15-23(27)26-20-19-25-24-16-9-10-18-28(24)38(29(25)30(26)40-33)34-36-31(21-11-3-1-4-12-21)35-32(37-34)22-13-5-2-6-14-22/h1-20H. The number of aromatic nitrogens is 4. The molecule has 0 amide bonds. The Morgan fingerprint density at radius 3 is 1.73 bits per heavy atom. The van der Waals surface area contributed by atoms with Gasteiger partial charge in [0.15, 0.2) is 17.2 Å². The second kappa shape index (κ2) is 8.71. The molecule has 3 aromatic heterocycles. The molecular formula is C34H20N4O2. The van der Waals surface area contributed by atoms with E-state index < -0.39 is 0 Å². The van der Waals surface area contributed by atoms with Gasteiger partial charge in [-0.1, -0.05) is 103 Å². The Labute approximate surface area is 227 Å². The minimum absolute atomic E-state index is 0.377. The van der Waals surface area contributed by atoms with Crippen molar-refractivity contribution in [3.63, 3.8) is 0 Å². The maximum absolute atomic E-state index is 13.2. The summed E-state index contributed by atoms with van der Waals surface area (Å²) in [6.07, 6.45) is 0. The predicted molar refractivity (Wildman–Crippen MR) is 159 cm³/mol. The molecule has 0 radical (unpaired) electrons. The molecule has 8 rings (SSSR count). The Kier molecular flexibility index (Phi) is 4.87. The number of fused-ring (bicyclic) bond motifs is 7. The lowest BCUT2D eigenvalue weighted by Crippen LogP contribution is -2.07. The Balaban J connectivity index is 1.54. The smallest absolute Gasteiger partial charge is 0.344 e. The fourth-order valence-corrected chi connectivity index (χ4v) is 5.49. The van der Waals surface area contributed by atoms with Crippen LogP contribution in [0.3, 0.4) is 0 Å². The summed E-state index contributed by atoms with van der Waals surface area (Å²) >= 11 is 0. The Morgan fingerprint density at radius 1 is 0.500 bits per heavy atom. The molecule has 0 unspecified atom stereocenters. The summed E-state index contributed by atoms with van der Waals surface area (Å²) in [5.74, 6) is 1.56. The van der Waals surface area contributed by atoms with Gasteiger partial charge in [-0.3, -0.25) is 4.57 Å². The highest BCUT2D eigenvalue weighted by Gasteiger charge is 2.21. The number of rotatable bonds is 3. The zero-order chi connectivity index (χ0) is 26.6. The van der Waals surface area contributed by atoms with Crippen molar-refractivity contribution >= 4 is 43.5 Å². The maximum atomic E-state index is 13.2. The third-order valence-electron chi connectivity index (χ3n) is 7.31. The first-order valence-corrected chi connectivity index (χ1v) is 13.0. The molecule has 6 nitrogen and oxygen atoms in total. The van der Waals surface area contributed by atoms with E-state index in [1.807, 2.05) is 108 Å². The Bertz CT molecular complexity index is 2230. The van der Waals surface area contributed by atoms with Crippen LogP contribution < -0.4 is 5.63 Å². The van der Waals surface area contributed by atoms with Gasteiger partial charge in [0, 0.05) is 27.3 Å². The van der Waals surface area contributed by atoms with Gasteiger partial charge in [-0.15, -0.1) is 0 Å². The van der Waals surface area contributed by atoms with Gasteiger partial charge in [-0.25, -0.2) is 9.78 Å². The van der Waals surface area contributed by atoms with Crippen LogP contribution in [0.2, 0.25) is 0 Å². The average Bonchev–Trinajstić information content (AvgIpc) is 3.37. The van der Waals surface area contributed by atoms with E-state index >= 15 is 0 Å². The molecule has 8 aromatic rings. The van der Waals surface area contributed by atoms with Crippen molar-refractivity contribution < 1.29 is 4.42 Å². The number of benzene rings is 5. The van der Waals surface area contributed by atoms with Crippen molar-refractivity contribution in [2.45, 2.75) is 0 Å². The van der Waals surface area contributed by atoms with Crippen LogP contribution >= 0.6 is 0 Å². The number of hydrogen-bond donors (Lipinski definition) is 0. The van der Waals surface area contributed by atoms with E-state index in [1.54, 1.807) is 6.07 Å². The lowest BCUT2D eigenvalue weighted by atomic mass is 10.1. The molecule has 0 fully saturated rings. The second-order valence-electron chi connectivity index (χ2n) is 9.64. The highest BCUT2D eigenvalue weighted by molar-refractivity contribution is 6.20. The van der Waals surface area contributed by atoms with Crippen molar-refractivity contribution in [2.24, 2.45) is 0 Å². The predicted octanol–water partition coefficient (Wildman–Crippen LogP) is 7.56. The van der Waals surface area contributed by atoms with Gasteiger partial charge >= 0.3 is 5.63 Å². The van der Waals surface area contributed by atoms with Crippen molar-refractivity contribution in [1.29, 1.82) is 0 Å². The molecular weight excluding hydrogens is 496 g/mol. The van der Waals surface area contributed by atoms with Crippen LogP contribution in [0.25, 0.3) is 72.3 Å². The summed E-state index contributed by atoms with van der Waals surface area (Å²) in [4.78, 5) is 28.0. The summed E-state index contributed by atoms with van der Waals surface area (Å²) in [6.45, 7) is 0. The van der Waals surface area contributed by atoms with E-state index in [-0.39, 0.29) is 5.63 Å². The molecule has 0 spiro atoms. The van der Waals surface area contributed by atoms with Crippen LogP contribution in [-0.4, -0.2) is 19.5 Å². The lowest BCUT2D eigenvalue weighted by molar-refractivity contribution is 0.571. The van der Waals surface area contributed by atoms with Gasteiger partial charge in [-0.05, 0) is 23.6 Å². The van der Waals surface area contributed by atoms with Crippen LogP contribution in [0.5, 0.6) is 0 Å². The first kappa shape index (κ1) is 22.4. The zero-order valence-electron chi connectivity index (χ0n) is 21.2. The van der Waals surface area contributed by atoms with Gasteiger partial charge in [-0.2, -0.15) is 9.97 Å². The Morgan fingerprint density at radius 2 is 1.05 bits per heavy atom. The molecule has 40 heavy (non-hydrogen) atoms. The van der Waals surface area contributed by atoms with E-state index in [1.165, 1.54) is 0 Å². The largest absolute Gasteiger partial charge is 0.420 e. The van der Waals surface area contributed by atoms with Crippen LogP contribution in [-0.2, 0) is 0 Å². The normalized spacial score (nSPS) is 11.6. The van der Waals surface area contributed by atoms with Gasteiger partial charge in [0.1, 0.15) is 5.52 Å². The molecule has 0 aliphatic heterocycles. The first-order valence-electron chi connectivity index (χ1n) is 13.0. The van der Waals surface area contributed by atoms with E-state index in [2.05, 4.69) is 12.1 Å². The van der Waals surface area contributed by atoms with Crippen LogP contribution in [0, 0.1) is 0 Å². The quantitative estimate of drug-likeness (QED) is 0.179. The van der Waals surface area contributed by atoms with E-state index in [0.717, 1.165) is 43.7 Å².